The van der Waals surface area contributed by atoms with Crippen LogP contribution >= 0.6 is 0 Å². The SMILES string of the molecule is OC(CNc1nc(-c2ccncc2)nc2c1CCC2)c1c(F)cccc1F. The van der Waals surface area contributed by atoms with Crippen molar-refractivity contribution in [2.45, 2.75) is 25.4 Å². The van der Waals surface area contributed by atoms with E-state index < -0.39 is 17.7 Å². The Morgan fingerprint density at radius 1 is 1.04 bits per heavy atom. The molecule has 2 N–H and O–H groups in total. The Hall–Kier alpha value is -2.93. The van der Waals surface area contributed by atoms with Gasteiger partial charge in [-0.15, -0.1) is 0 Å². The zero-order valence-electron chi connectivity index (χ0n) is 14.5. The van der Waals surface area contributed by atoms with Gasteiger partial charge in [-0.05, 0) is 43.5 Å². The summed E-state index contributed by atoms with van der Waals surface area (Å²) in [5.41, 5.74) is 2.45. The van der Waals surface area contributed by atoms with Gasteiger partial charge < -0.3 is 10.4 Å². The van der Waals surface area contributed by atoms with Crippen LogP contribution in [0.3, 0.4) is 0 Å². The van der Waals surface area contributed by atoms with Crippen molar-refractivity contribution >= 4 is 5.82 Å². The normalized spacial score (nSPS) is 14.0. The summed E-state index contributed by atoms with van der Waals surface area (Å²) in [7, 11) is 0. The lowest BCUT2D eigenvalue weighted by Gasteiger charge is -2.16. The molecule has 2 aromatic heterocycles. The van der Waals surface area contributed by atoms with Gasteiger partial charge in [-0.2, -0.15) is 0 Å². The number of anilines is 1. The van der Waals surface area contributed by atoms with Crippen LogP contribution in [-0.2, 0) is 12.8 Å². The van der Waals surface area contributed by atoms with Gasteiger partial charge in [0.2, 0.25) is 0 Å². The quantitative estimate of drug-likeness (QED) is 0.722. The minimum absolute atomic E-state index is 0.0584. The van der Waals surface area contributed by atoms with E-state index in [2.05, 4.69) is 20.3 Å². The number of fused-ring (bicyclic) bond motifs is 1. The van der Waals surface area contributed by atoms with E-state index >= 15 is 0 Å². The summed E-state index contributed by atoms with van der Waals surface area (Å²) in [5, 5.41) is 13.3. The zero-order chi connectivity index (χ0) is 18.8. The smallest absolute Gasteiger partial charge is 0.161 e. The Morgan fingerprint density at radius 3 is 2.52 bits per heavy atom. The molecule has 0 bridgehead atoms. The summed E-state index contributed by atoms with van der Waals surface area (Å²) < 4.78 is 27.7. The molecule has 0 saturated heterocycles. The first-order valence-corrected chi connectivity index (χ1v) is 8.79. The zero-order valence-corrected chi connectivity index (χ0v) is 14.5. The molecule has 1 atom stereocenters. The molecule has 1 aliphatic rings. The highest BCUT2D eigenvalue weighted by molar-refractivity contribution is 5.60. The lowest BCUT2D eigenvalue weighted by Crippen LogP contribution is -2.17. The van der Waals surface area contributed by atoms with E-state index in [9.17, 15) is 13.9 Å². The first-order chi connectivity index (χ1) is 13.1. The van der Waals surface area contributed by atoms with Gasteiger partial charge in [0.15, 0.2) is 5.82 Å². The Balaban J connectivity index is 1.61. The van der Waals surface area contributed by atoms with Crippen LogP contribution in [0.2, 0.25) is 0 Å². The van der Waals surface area contributed by atoms with Gasteiger partial charge in [-0.25, -0.2) is 18.7 Å². The predicted octanol–water partition coefficient (Wildman–Crippen LogP) is 3.45. The fourth-order valence-electron chi connectivity index (χ4n) is 3.33. The minimum Gasteiger partial charge on any atom is -0.386 e. The van der Waals surface area contributed by atoms with Crippen LogP contribution in [-0.4, -0.2) is 26.6 Å². The number of halogens is 2. The molecule has 5 nitrogen and oxygen atoms in total. The number of hydrogen-bond donors (Lipinski definition) is 2. The van der Waals surface area contributed by atoms with Gasteiger partial charge in [0.1, 0.15) is 23.6 Å². The van der Waals surface area contributed by atoms with Crippen LogP contribution in [0, 0.1) is 11.6 Å². The number of aliphatic hydroxyl groups excluding tert-OH is 1. The lowest BCUT2D eigenvalue weighted by atomic mass is 10.1. The molecule has 138 valence electrons. The highest BCUT2D eigenvalue weighted by Gasteiger charge is 2.22. The maximum absolute atomic E-state index is 13.9. The fraction of sp³-hybridized carbons (Fsp3) is 0.250. The van der Waals surface area contributed by atoms with E-state index in [0.717, 1.165) is 48.2 Å². The van der Waals surface area contributed by atoms with Crippen LogP contribution in [0.5, 0.6) is 0 Å². The number of nitrogens with one attached hydrogen (secondary N) is 1. The number of aryl methyl sites for hydroxylation is 1. The molecule has 1 aromatic carbocycles. The molecular formula is C20H18F2N4O. The third-order valence-corrected chi connectivity index (χ3v) is 4.67. The van der Waals surface area contributed by atoms with E-state index in [1.54, 1.807) is 12.4 Å². The van der Waals surface area contributed by atoms with E-state index in [4.69, 9.17) is 0 Å². The number of aliphatic hydroxyl groups is 1. The molecule has 4 rings (SSSR count). The van der Waals surface area contributed by atoms with E-state index in [-0.39, 0.29) is 12.1 Å². The van der Waals surface area contributed by atoms with E-state index in [0.29, 0.717) is 11.6 Å². The van der Waals surface area contributed by atoms with Crippen molar-refractivity contribution in [3.8, 4) is 11.4 Å². The molecule has 1 unspecified atom stereocenters. The molecule has 0 amide bonds. The maximum Gasteiger partial charge on any atom is 0.161 e. The van der Waals surface area contributed by atoms with E-state index in [1.165, 1.54) is 6.07 Å². The molecule has 7 heteroatoms. The lowest BCUT2D eigenvalue weighted by molar-refractivity contribution is 0.181. The van der Waals surface area contributed by atoms with Crippen molar-refractivity contribution < 1.29 is 13.9 Å². The summed E-state index contributed by atoms with van der Waals surface area (Å²) in [6.07, 6.45) is 4.67. The Morgan fingerprint density at radius 2 is 1.78 bits per heavy atom. The molecule has 0 fully saturated rings. The summed E-state index contributed by atoms with van der Waals surface area (Å²) in [5.74, 6) is -0.378. The highest BCUT2D eigenvalue weighted by atomic mass is 19.1. The monoisotopic (exact) mass is 368 g/mol. The molecule has 0 radical (unpaired) electrons. The standard InChI is InChI=1S/C20H18F2N4O/c21-14-4-2-5-15(22)18(14)17(27)11-24-20-13-3-1-6-16(13)25-19(26-20)12-7-9-23-10-8-12/h2,4-5,7-10,17,27H,1,3,6,11H2,(H,24,25,26). The summed E-state index contributed by atoms with van der Waals surface area (Å²) in [6, 6.07) is 7.18. The molecule has 2 heterocycles. The number of aromatic nitrogens is 3. The molecule has 1 aliphatic carbocycles. The first-order valence-electron chi connectivity index (χ1n) is 8.79. The van der Waals surface area contributed by atoms with Crippen LogP contribution in [0.4, 0.5) is 14.6 Å². The summed E-state index contributed by atoms with van der Waals surface area (Å²) in [4.78, 5) is 13.2. The maximum atomic E-state index is 13.9. The third kappa shape index (κ3) is 3.50. The summed E-state index contributed by atoms with van der Waals surface area (Å²) in [6.45, 7) is -0.0584. The van der Waals surface area contributed by atoms with Crippen molar-refractivity contribution in [3.63, 3.8) is 0 Å². The van der Waals surface area contributed by atoms with Gasteiger partial charge in [0, 0.05) is 35.8 Å². The third-order valence-electron chi connectivity index (χ3n) is 4.67. The van der Waals surface area contributed by atoms with Crippen molar-refractivity contribution in [1.29, 1.82) is 0 Å². The van der Waals surface area contributed by atoms with Crippen molar-refractivity contribution in [2.75, 3.05) is 11.9 Å². The van der Waals surface area contributed by atoms with Gasteiger partial charge in [-0.3, -0.25) is 4.98 Å². The van der Waals surface area contributed by atoms with Gasteiger partial charge >= 0.3 is 0 Å². The molecule has 3 aromatic rings. The summed E-state index contributed by atoms with van der Waals surface area (Å²) >= 11 is 0. The molecule has 27 heavy (non-hydrogen) atoms. The molecule has 0 spiro atoms. The van der Waals surface area contributed by atoms with E-state index in [1.807, 2.05) is 12.1 Å². The molecule has 0 aliphatic heterocycles. The number of nitrogens with zero attached hydrogens (tertiary/aromatic N) is 3. The minimum atomic E-state index is -1.33. The molecule has 0 saturated carbocycles. The van der Waals surface area contributed by atoms with Gasteiger partial charge in [-0.1, -0.05) is 6.07 Å². The van der Waals surface area contributed by atoms with Gasteiger partial charge in [0.25, 0.3) is 0 Å². The van der Waals surface area contributed by atoms with Crippen molar-refractivity contribution in [3.05, 3.63) is 71.2 Å². The Labute approximate surface area is 155 Å². The topological polar surface area (TPSA) is 70.9 Å². The Bertz CT molecular complexity index is 945. The predicted molar refractivity (Wildman–Crippen MR) is 97.1 cm³/mol. The van der Waals surface area contributed by atoms with Crippen molar-refractivity contribution in [1.82, 2.24) is 15.0 Å². The number of pyridine rings is 1. The second-order valence-electron chi connectivity index (χ2n) is 6.44. The number of hydrogen-bond acceptors (Lipinski definition) is 5. The second kappa shape index (κ2) is 7.36. The first kappa shape index (κ1) is 17.5. The highest BCUT2D eigenvalue weighted by Crippen LogP contribution is 2.30. The van der Waals surface area contributed by atoms with Crippen LogP contribution < -0.4 is 5.32 Å². The number of rotatable bonds is 5. The Kier molecular flexibility index (Phi) is 4.77. The van der Waals surface area contributed by atoms with Crippen LogP contribution in [0.1, 0.15) is 29.3 Å². The fourth-order valence-corrected chi connectivity index (χ4v) is 3.33. The second-order valence-corrected chi connectivity index (χ2v) is 6.44. The van der Waals surface area contributed by atoms with Crippen LogP contribution in [0.25, 0.3) is 11.4 Å². The molecular weight excluding hydrogens is 350 g/mol. The van der Waals surface area contributed by atoms with Gasteiger partial charge in [0.05, 0.1) is 5.56 Å². The number of benzene rings is 1. The average molecular weight is 368 g/mol. The van der Waals surface area contributed by atoms with Crippen molar-refractivity contribution in [2.24, 2.45) is 0 Å². The largest absolute Gasteiger partial charge is 0.386 e. The average Bonchev–Trinajstić information content (AvgIpc) is 3.15. The van der Waals surface area contributed by atoms with Crippen LogP contribution in [0.15, 0.2) is 42.7 Å².